The van der Waals surface area contributed by atoms with E-state index in [-0.39, 0.29) is 11.6 Å². The fourth-order valence-electron chi connectivity index (χ4n) is 4.02. The van der Waals surface area contributed by atoms with Crippen molar-refractivity contribution in [2.45, 2.75) is 52.1 Å². The number of thiophene rings is 1. The predicted octanol–water partition coefficient (Wildman–Crippen LogP) is 4.56. The highest BCUT2D eigenvalue weighted by Crippen LogP contribution is 2.35. The van der Waals surface area contributed by atoms with E-state index in [0.29, 0.717) is 6.54 Å². The molecule has 0 saturated heterocycles. The molecule has 0 atom stereocenters. The highest BCUT2D eigenvalue weighted by atomic mass is 32.1. The largest absolute Gasteiger partial charge is 0.497 e. The Morgan fingerprint density at radius 3 is 2.61 bits per heavy atom. The molecular formula is C22H27N3O2S. The molecule has 1 aliphatic rings. The lowest BCUT2D eigenvalue weighted by Gasteiger charge is -2.24. The van der Waals surface area contributed by atoms with Crippen molar-refractivity contribution >= 4 is 27.5 Å². The second-order valence-electron chi connectivity index (χ2n) is 7.78. The van der Waals surface area contributed by atoms with E-state index in [9.17, 15) is 4.79 Å². The molecule has 0 bridgehead atoms. The van der Waals surface area contributed by atoms with E-state index in [2.05, 4.69) is 30.9 Å². The van der Waals surface area contributed by atoms with Crippen molar-refractivity contribution in [3.63, 3.8) is 0 Å². The molecule has 1 aliphatic carbocycles. The zero-order valence-electron chi connectivity index (χ0n) is 17.0. The molecule has 6 heteroatoms. The average Bonchev–Trinajstić information content (AvgIpc) is 3.06. The maximum Gasteiger partial charge on any atom is 0.264 e. The van der Waals surface area contributed by atoms with Crippen molar-refractivity contribution in [1.29, 1.82) is 0 Å². The van der Waals surface area contributed by atoms with E-state index in [0.717, 1.165) is 40.3 Å². The van der Waals surface area contributed by atoms with Gasteiger partial charge < -0.3 is 9.64 Å². The van der Waals surface area contributed by atoms with E-state index in [1.165, 1.54) is 23.3 Å². The van der Waals surface area contributed by atoms with Gasteiger partial charge in [-0.25, -0.2) is 4.98 Å². The van der Waals surface area contributed by atoms with Gasteiger partial charge in [-0.3, -0.25) is 9.36 Å². The zero-order valence-corrected chi connectivity index (χ0v) is 17.8. The van der Waals surface area contributed by atoms with Gasteiger partial charge in [-0.15, -0.1) is 11.3 Å². The lowest BCUT2D eigenvalue weighted by atomic mass is 9.97. The normalized spacial score (nSPS) is 13.8. The number of hydrogen-bond donors (Lipinski definition) is 0. The van der Waals surface area contributed by atoms with Crippen LogP contribution in [0.5, 0.6) is 5.75 Å². The molecule has 0 radical (unpaired) electrons. The Morgan fingerprint density at radius 2 is 1.93 bits per heavy atom. The average molecular weight is 398 g/mol. The quantitative estimate of drug-likeness (QED) is 0.633. The van der Waals surface area contributed by atoms with Crippen LogP contribution >= 0.6 is 11.3 Å². The van der Waals surface area contributed by atoms with Gasteiger partial charge >= 0.3 is 0 Å². The van der Waals surface area contributed by atoms with Crippen molar-refractivity contribution in [3.8, 4) is 5.75 Å². The van der Waals surface area contributed by atoms with Gasteiger partial charge in [-0.1, -0.05) is 12.1 Å². The SMILES string of the molecule is COc1ccc(CN(C)c2nc3sc4c(c3c(=O)n2C(C)C)CCCC4)cc1. The fraction of sp³-hybridized carbons (Fsp3) is 0.455. The van der Waals surface area contributed by atoms with Crippen LogP contribution in [0.2, 0.25) is 0 Å². The van der Waals surface area contributed by atoms with Crippen LogP contribution in [-0.2, 0) is 19.4 Å². The maximum atomic E-state index is 13.5. The minimum absolute atomic E-state index is 0.0526. The highest BCUT2D eigenvalue weighted by molar-refractivity contribution is 7.18. The van der Waals surface area contributed by atoms with Crippen LogP contribution in [0.15, 0.2) is 29.1 Å². The molecule has 2 aromatic heterocycles. The van der Waals surface area contributed by atoms with Gasteiger partial charge in [0.25, 0.3) is 5.56 Å². The van der Waals surface area contributed by atoms with Gasteiger partial charge in [-0.2, -0.15) is 0 Å². The van der Waals surface area contributed by atoms with E-state index in [1.807, 2.05) is 23.7 Å². The van der Waals surface area contributed by atoms with Crippen LogP contribution in [0.3, 0.4) is 0 Å². The van der Waals surface area contributed by atoms with Gasteiger partial charge in [0, 0.05) is 24.5 Å². The molecule has 0 amide bonds. The summed E-state index contributed by atoms with van der Waals surface area (Å²) in [7, 11) is 3.67. The third kappa shape index (κ3) is 3.30. The molecule has 0 saturated carbocycles. The molecule has 3 aromatic rings. The second kappa shape index (κ2) is 7.59. The Balaban J connectivity index is 1.78. The summed E-state index contributed by atoms with van der Waals surface area (Å²) in [5, 5.41) is 0.856. The van der Waals surface area contributed by atoms with Crippen molar-refractivity contribution < 1.29 is 4.74 Å². The number of anilines is 1. The third-order valence-electron chi connectivity index (χ3n) is 5.44. The Kier molecular flexibility index (Phi) is 5.15. The lowest BCUT2D eigenvalue weighted by Crippen LogP contribution is -2.31. The minimum Gasteiger partial charge on any atom is -0.497 e. The summed E-state index contributed by atoms with van der Waals surface area (Å²) < 4.78 is 7.10. The molecule has 0 fully saturated rings. The summed E-state index contributed by atoms with van der Waals surface area (Å²) in [4.78, 5) is 22.7. The van der Waals surface area contributed by atoms with Crippen molar-refractivity contribution in [3.05, 3.63) is 50.6 Å². The molecule has 4 rings (SSSR count). The first-order valence-corrected chi connectivity index (χ1v) is 10.7. The van der Waals surface area contributed by atoms with Crippen LogP contribution in [-0.4, -0.2) is 23.7 Å². The molecule has 0 aliphatic heterocycles. The summed E-state index contributed by atoms with van der Waals surface area (Å²) in [6, 6.07) is 8.08. The molecule has 2 heterocycles. The number of aromatic nitrogens is 2. The predicted molar refractivity (Wildman–Crippen MR) is 116 cm³/mol. The summed E-state index contributed by atoms with van der Waals surface area (Å²) in [5.41, 5.74) is 2.51. The van der Waals surface area contributed by atoms with Gasteiger partial charge in [-0.05, 0) is 62.8 Å². The number of aryl methyl sites for hydroxylation is 2. The molecule has 0 spiro atoms. The molecule has 0 N–H and O–H groups in total. The number of benzene rings is 1. The maximum absolute atomic E-state index is 13.5. The van der Waals surface area contributed by atoms with Gasteiger partial charge in [0.15, 0.2) is 0 Å². The van der Waals surface area contributed by atoms with Gasteiger partial charge in [0.2, 0.25) is 5.95 Å². The Hall–Kier alpha value is -2.34. The fourth-order valence-corrected chi connectivity index (χ4v) is 5.26. The van der Waals surface area contributed by atoms with E-state index in [4.69, 9.17) is 9.72 Å². The Morgan fingerprint density at radius 1 is 1.21 bits per heavy atom. The van der Waals surface area contributed by atoms with E-state index >= 15 is 0 Å². The van der Waals surface area contributed by atoms with Crippen LogP contribution < -0.4 is 15.2 Å². The Labute approximate surface area is 169 Å². The summed E-state index contributed by atoms with van der Waals surface area (Å²) >= 11 is 1.71. The van der Waals surface area contributed by atoms with E-state index in [1.54, 1.807) is 18.4 Å². The monoisotopic (exact) mass is 397 g/mol. The summed E-state index contributed by atoms with van der Waals surface area (Å²) in [6.45, 7) is 4.79. The lowest BCUT2D eigenvalue weighted by molar-refractivity contribution is 0.414. The van der Waals surface area contributed by atoms with Crippen molar-refractivity contribution in [2.24, 2.45) is 0 Å². The van der Waals surface area contributed by atoms with Crippen LogP contribution in [0.4, 0.5) is 5.95 Å². The third-order valence-corrected chi connectivity index (χ3v) is 6.62. The molecule has 28 heavy (non-hydrogen) atoms. The second-order valence-corrected chi connectivity index (χ2v) is 8.86. The summed E-state index contributed by atoms with van der Waals surface area (Å²) in [5.74, 6) is 1.58. The van der Waals surface area contributed by atoms with Crippen LogP contribution in [0.1, 0.15) is 48.7 Å². The molecule has 5 nitrogen and oxygen atoms in total. The topological polar surface area (TPSA) is 47.4 Å². The first-order chi connectivity index (χ1) is 13.5. The molecule has 148 valence electrons. The van der Waals surface area contributed by atoms with Gasteiger partial charge in [0.1, 0.15) is 10.6 Å². The van der Waals surface area contributed by atoms with Gasteiger partial charge in [0.05, 0.1) is 12.5 Å². The smallest absolute Gasteiger partial charge is 0.264 e. The first kappa shape index (κ1) is 19.0. The standard InChI is InChI=1S/C22H27N3O2S/c1-14(2)25-21(26)19-17-7-5-6-8-18(17)28-20(19)23-22(25)24(3)13-15-9-11-16(27-4)12-10-15/h9-12,14H,5-8,13H2,1-4H3. The number of methoxy groups -OCH3 is 1. The first-order valence-electron chi connectivity index (χ1n) is 9.90. The van der Waals surface area contributed by atoms with Crippen LogP contribution in [0.25, 0.3) is 10.2 Å². The molecule has 1 aromatic carbocycles. The highest BCUT2D eigenvalue weighted by Gasteiger charge is 2.24. The van der Waals surface area contributed by atoms with E-state index < -0.39 is 0 Å². The number of hydrogen-bond acceptors (Lipinski definition) is 5. The van der Waals surface area contributed by atoms with Crippen LogP contribution in [0, 0.1) is 0 Å². The van der Waals surface area contributed by atoms with Crippen molar-refractivity contribution in [1.82, 2.24) is 9.55 Å². The number of rotatable bonds is 5. The molecule has 0 unspecified atom stereocenters. The minimum atomic E-state index is 0.0526. The zero-order chi connectivity index (χ0) is 19.8. The summed E-state index contributed by atoms with van der Waals surface area (Å²) in [6.07, 6.45) is 4.46. The number of fused-ring (bicyclic) bond motifs is 3. The number of nitrogens with zero attached hydrogens (tertiary/aromatic N) is 3. The number of ether oxygens (including phenoxy) is 1. The van der Waals surface area contributed by atoms with Crippen molar-refractivity contribution in [2.75, 3.05) is 19.1 Å². The molecular weight excluding hydrogens is 370 g/mol. The Bertz CT molecular complexity index is 1050.